The van der Waals surface area contributed by atoms with Gasteiger partial charge in [0.1, 0.15) is 5.75 Å². The number of hydrogen-bond acceptors (Lipinski definition) is 1. The van der Waals surface area contributed by atoms with Crippen molar-refractivity contribution in [3.05, 3.63) is 84.0 Å². The molecule has 1 nitrogen and oxygen atoms in total. The van der Waals surface area contributed by atoms with Gasteiger partial charge in [0.05, 0.1) is 7.11 Å². The standard InChI is InChI=1S/C20H20O/c1-20(18-6-4-3-5-7-18)14-12-17(13-15-20)16-8-10-19(21-2)11-9-16/h3-14H,15H2,1-2H3. The average Bonchev–Trinajstić information content (AvgIpc) is 2.57. The van der Waals surface area contributed by atoms with Crippen LogP contribution in [0.5, 0.6) is 5.75 Å². The molecule has 0 saturated carbocycles. The largest absolute Gasteiger partial charge is 0.497 e. The fourth-order valence-electron chi connectivity index (χ4n) is 2.76. The summed E-state index contributed by atoms with van der Waals surface area (Å²) in [4.78, 5) is 0. The maximum Gasteiger partial charge on any atom is 0.118 e. The monoisotopic (exact) mass is 276 g/mol. The Kier molecular flexibility index (Phi) is 3.66. The van der Waals surface area contributed by atoms with E-state index in [1.165, 1.54) is 16.7 Å². The van der Waals surface area contributed by atoms with Gasteiger partial charge in [-0.05, 0) is 35.3 Å². The number of ether oxygens (including phenoxy) is 1. The molecule has 2 aromatic rings. The van der Waals surface area contributed by atoms with Crippen molar-refractivity contribution in [2.75, 3.05) is 7.11 Å². The third-order valence-corrected chi connectivity index (χ3v) is 4.23. The lowest BCUT2D eigenvalue weighted by Crippen LogP contribution is -2.19. The van der Waals surface area contributed by atoms with Gasteiger partial charge in [0.25, 0.3) is 0 Å². The van der Waals surface area contributed by atoms with Gasteiger partial charge in [-0.3, -0.25) is 0 Å². The molecule has 0 fully saturated rings. The SMILES string of the molecule is COc1ccc(C2=CCC(C)(c3ccccc3)C=C2)cc1. The zero-order valence-electron chi connectivity index (χ0n) is 12.5. The van der Waals surface area contributed by atoms with Crippen molar-refractivity contribution < 1.29 is 4.74 Å². The molecule has 21 heavy (non-hydrogen) atoms. The van der Waals surface area contributed by atoms with E-state index in [1.807, 2.05) is 12.1 Å². The number of methoxy groups -OCH3 is 1. The van der Waals surface area contributed by atoms with Crippen molar-refractivity contribution >= 4 is 5.57 Å². The van der Waals surface area contributed by atoms with E-state index in [0.717, 1.165) is 12.2 Å². The van der Waals surface area contributed by atoms with Gasteiger partial charge >= 0.3 is 0 Å². The van der Waals surface area contributed by atoms with Crippen LogP contribution in [0, 0.1) is 0 Å². The minimum absolute atomic E-state index is 0.0945. The zero-order chi connectivity index (χ0) is 14.7. The second-order valence-corrected chi connectivity index (χ2v) is 5.71. The smallest absolute Gasteiger partial charge is 0.118 e. The lowest BCUT2D eigenvalue weighted by atomic mass is 9.75. The van der Waals surface area contributed by atoms with Crippen LogP contribution in [0.3, 0.4) is 0 Å². The number of allylic oxidation sites excluding steroid dienone is 4. The molecule has 3 rings (SSSR count). The summed E-state index contributed by atoms with van der Waals surface area (Å²) in [5.41, 5.74) is 3.98. The predicted octanol–water partition coefficient (Wildman–Crippen LogP) is 5.00. The molecule has 0 spiro atoms. The second kappa shape index (κ2) is 5.61. The Morgan fingerprint density at radius 3 is 2.24 bits per heavy atom. The molecule has 0 heterocycles. The minimum atomic E-state index is 0.0945. The summed E-state index contributed by atoms with van der Waals surface area (Å²) >= 11 is 0. The number of benzene rings is 2. The topological polar surface area (TPSA) is 9.23 Å². The van der Waals surface area contributed by atoms with Crippen LogP contribution in [0.25, 0.3) is 5.57 Å². The van der Waals surface area contributed by atoms with Gasteiger partial charge in [0.15, 0.2) is 0 Å². The molecular formula is C20H20O. The number of hydrogen-bond donors (Lipinski definition) is 0. The van der Waals surface area contributed by atoms with Crippen LogP contribution < -0.4 is 4.74 Å². The first-order chi connectivity index (χ1) is 10.2. The van der Waals surface area contributed by atoms with Crippen molar-refractivity contribution in [2.24, 2.45) is 0 Å². The van der Waals surface area contributed by atoms with Crippen LogP contribution in [0.2, 0.25) is 0 Å². The fourth-order valence-corrected chi connectivity index (χ4v) is 2.76. The van der Waals surface area contributed by atoms with Crippen LogP contribution in [-0.2, 0) is 5.41 Å². The van der Waals surface area contributed by atoms with E-state index in [-0.39, 0.29) is 5.41 Å². The highest BCUT2D eigenvalue weighted by atomic mass is 16.5. The van der Waals surface area contributed by atoms with Crippen LogP contribution >= 0.6 is 0 Å². The number of rotatable bonds is 3. The lowest BCUT2D eigenvalue weighted by molar-refractivity contribution is 0.415. The summed E-state index contributed by atoms with van der Waals surface area (Å²) < 4.78 is 5.21. The highest BCUT2D eigenvalue weighted by Gasteiger charge is 2.24. The lowest BCUT2D eigenvalue weighted by Gasteiger charge is -2.28. The van der Waals surface area contributed by atoms with Gasteiger partial charge in [0, 0.05) is 5.41 Å². The predicted molar refractivity (Wildman–Crippen MR) is 88.5 cm³/mol. The molecule has 1 atom stereocenters. The Morgan fingerprint density at radius 1 is 0.952 bits per heavy atom. The summed E-state index contributed by atoms with van der Waals surface area (Å²) in [7, 11) is 1.69. The van der Waals surface area contributed by atoms with Crippen molar-refractivity contribution in [1.82, 2.24) is 0 Å². The van der Waals surface area contributed by atoms with E-state index in [9.17, 15) is 0 Å². The zero-order valence-corrected chi connectivity index (χ0v) is 12.5. The highest BCUT2D eigenvalue weighted by molar-refractivity contribution is 5.76. The average molecular weight is 276 g/mol. The normalized spacial score (nSPS) is 21.0. The fraction of sp³-hybridized carbons (Fsp3) is 0.200. The van der Waals surface area contributed by atoms with Crippen molar-refractivity contribution in [3.63, 3.8) is 0 Å². The molecule has 0 bridgehead atoms. The third-order valence-electron chi connectivity index (χ3n) is 4.23. The molecule has 0 N–H and O–H groups in total. The Morgan fingerprint density at radius 2 is 1.67 bits per heavy atom. The highest BCUT2D eigenvalue weighted by Crippen LogP contribution is 2.36. The molecule has 1 aliphatic carbocycles. The quantitative estimate of drug-likeness (QED) is 0.767. The molecule has 1 heteroatoms. The Balaban J connectivity index is 1.82. The van der Waals surface area contributed by atoms with E-state index >= 15 is 0 Å². The van der Waals surface area contributed by atoms with Crippen molar-refractivity contribution in [2.45, 2.75) is 18.8 Å². The van der Waals surface area contributed by atoms with Gasteiger partial charge < -0.3 is 4.74 Å². The van der Waals surface area contributed by atoms with Crippen LogP contribution in [0.1, 0.15) is 24.5 Å². The summed E-state index contributed by atoms with van der Waals surface area (Å²) in [6.07, 6.45) is 7.91. The molecule has 0 aromatic heterocycles. The van der Waals surface area contributed by atoms with Crippen molar-refractivity contribution in [3.8, 4) is 5.75 Å². The van der Waals surface area contributed by atoms with E-state index < -0.39 is 0 Å². The van der Waals surface area contributed by atoms with Crippen LogP contribution in [0.15, 0.2) is 72.8 Å². The first-order valence-corrected chi connectivity index (χ1v) is 7.31. The van der Waals surface area contributed by atoms with Gasteiger partial charge in [-0.25, -0.2) is 0 Å². The second-order valence-electron chi connectivity index (χ2n) is 5.71. The Labute approximate surface area is 126 Å². The Bertz CT molecular complexity index is 665. The van der Waals surface area contributed by atoms with Crippen molar-refractivity contribution in [1.29, 1.82) is 0 Å². The van der Waals surface area contributed by atoms with Gasteiger partial charge in [0.2, 0.25) is 0 Å². The minimum Gasteiger partial charge on any atom is -0.497 e. The summed E-state index contributed by atoms with van der Waals surface area (Å²) in [6.45, 7) is 2.29. The molecule has 1 unspecified atom stereocenters. The molecule has 0 saturated heterocycles. The molecule has 1 aliphatic rings. The first-order valence-electron chi connectivity index (χ1n) is 7.31. The third kappa shape index (κ3) is 2.78. The van der Waals surface area contributed by atoms with Gasteiger partial charge in [-0.15, -0.1) is 0 Å². The van der Waals surface area contributed by atoms with Gasteiger partial charge in [-0.1, -0.05) is 67.6 Å². The van der Waals surface area contributed by atoms with E-state index in [0.29, 0.717) is 0 Å². The molecule has 0 radical (unpaired) electrons. The van der Waals surface area contributed by atoms with E-state index in [2.05, 4.69) is 67.6 Å². The van der Waals surface area contributed by atoms with E-state index in [4.69, 9.17) is 4.74 Å². The summed E-state index contributed by atoms with van der Waals surface area (Å²) in [5, 5.41) is 0. The first kappa shape index (κ1) is 13.7. The summed E-state index contributed by atoms with van der Waals surface area (Å²) in [5.74, 6) is 0.897. The van der Waals surface area contributed by atoms with Crippen LogP contribution in [0.4, 0.5) is 0 Å². The molecular weight excluding hydrogens is 256 g/mol. The van der Waals surface area contributed by atoms with Gasteiger partial charge in [-0.2, -0.15) is 0 Å². The maximum absolute atomic E-state index is 5.21. The molecule has 0 aliphatic heterocycles. The molecule has 0 amide bonds. The Hall–Kier alpha value is -2.28. The van der Waals surface area contributed by atoms with Crippen LogP contribution in [-0.4, -0.2) is 7.11 Å². The molecule has 106 valence electrons. The molecule has 2 aromatic carbocycles. The maximum atomic E-state index is 5.21. The summed E-state index contributed by atoms with van der Waals surface area (Å²) in [6, 6.07) is 18.9. The van der Waals surface area contributed by atoms with E-state index in [1.54, 1.807) is 7.11 Å².